The highest BCUT2D eigenvalue weighted by molar-refractivity contribution is 5.95. The van der Waals surface area contributed by atoms with E-state index >= 15 is 0 Å². The third-order valence-corrected chi connectivity index (χ3v) is 3.43. The molecular weight excluding hydrogens is 252 g/mol. The quantitative estimate of drug-likeness (QED) is 0.859. The van der Waals surface area contributed by atoms with Gasteiger partial charge in [0, 0.05) is 19.3 Å². The van der Waals surface area contributed by atoms with Gasteiger partial charge in [-0.3, -0.25) is 9.48 Å². The first kappa shape index (κ1) is 15.0. The number of rotatable bonds is 3. The van der Waals surface area contributed by atoms with Gasteiger partial charge >= 0.3 is 0 Å². The molecule has 1 fully saturated rings. The molecule has 18 heavy (non-hydrogen) atoms. The topological polar surface area (TPSA) is 59.0 Å². The van der Waals surface area contributed by atoms with E-state index in [1.165, 1.54) is 12.8 Å². The van der Waals surface area contributed by atoms with E-state index < -0.39 is 0 Å². The Morgan fingerprint density at radius 1 is 1.67 bits per heavy atom. The summed E-state index contributed by atoms with van der Waals surface area (Å²) in [5, 5.41) is 10.4. The summed E-state index contributed by atoms with van der Waals surface area (Å²) in [5.41, 5.74) is 1.58. The van der Waals surface area contributed by atoms with Gasteiger partial charge in [-0.15, -0.1) is 12.4 Å². The van der Waals surface area contributed by atoms with Crippen LogP contribution < -0.4 is 10.6 Å². The number of aromatic nitrogens is 2. The lowest BCUT2D eigenvalue weighted by Crippen LogP contribution is -2.38. The van der Waals surface area contributed by atoms with Gasteiger partial charge in [0.05, 0.1) is 11.8 Å². The van der Waals surface area contributed by atoms with E-state index in [9.17, 15) is 4.79 Å². The molecule has 1 aromatic rings. The molecule has 1 amide bonds. The van der Waals surface area contributed by atoms with Crippen LogP contribution in [0, 0.1) is 12.8 Å². The van der Waals surface area contributed by atoms with Gasteiger partial charge < -0.3 is 10.6 Å². The number of piperidine rings is 1. The number of carbonyl (C=O) groups excluding carboxylic acids is 1. The van der Waals surface area contributed by atoms with E-state index in [0.29, 0.717) is 11.5 Å². The lowest BCUT2D eigenvalue weighted by atomic mass is 10.00. The van der Waals surface area contributed by atoms with Gasteiger partial charge in [-0.1, -0.05) is 0 Å². The maximum atomic E-state index is 11.9. The Bertz CT molecular complexity index is 399. The van der Waals surface area contributed by atoms with Gasteiger partial charge in [-0.2, -0.15) is 5.10 Å². The standard InChI is InChI=1S/C12H20N4O.ClH/c1-9-11(8-15-16(9)2)12(17)14-7-10-4-3-5-13-6-10;/h8,10,13H,3-7H2,1-2H3,(H,14,17);1H. The zero-order valence-corrected chi connectivity index (χ0v) is 11.7. The molecule has 1 aromatic heterocycles. The Hall–Kier alpha value is -1.07. The molecule has 2 rings (SSSR count). The summed E-state index contributed by atoms with van der Waals surface area (Å²) in [6.45, 7) is 4.77. The predicted molar refractivity (Wildman–Crippen MR) is 73.1 cm³/mol. The SMILES string of the molecule is Cc1c(C(=O)NCC2CCCNC2)cnn1C.Cl. The molecular formula is C12H21ClN4O. The lowest BCUT2D eigenvalue weighted by Gasteiger charge is -2.22. The Morgan fingerprint density at radius 2 is 2.44 bits per heavy atom. The molecule has 102 valence electrons. The maximum absolute atomic E-state index is 11.9. The van der Waals surface area contributed by atoms with Crippen molar-refractivity contribution in [1.82, 2.24) is 20.4 Å². The van der Waals surface area contributed by atoms with E-state index in [2.05, 4.69) is 15.7 Å². The van der Waals surface area contributed by atoms with Crippen LogP contribution in [0.25, 0.3) is 0 Å². The van der Waals surface area contributed by atoms with Gasteiger partial charge in [0.1, 0.15) is 0 Å². The number of hydrogen-bond donors (Lipinski definition) is 2. The van der Waals surface area contributed by atoms with Crippen molar-refractivity contribution >= 4 is 18.3 Å². The number of amides is 1. The van der Waals surface area contributed by atoms with Gasteiger partial charge in [-0.05, 0) is 38.8 Å². The summed E-state index contributed by atoms with van der Waals surface area (Å²) in [4.78, 5) is 11.9. The number of hydrogen-bond acceptors (Lipinski definition) is 3. The van der Waals surface area contributed by atoms with Crippen molar-refractivity contribution in [2.24, 2.45) is 13.0 Å². The third kappa shape index (κ3) is 3.46. The second-order valence-electron chi connectivity index (χ2n) is 4.69. The fourth-order valence-corrected chi connectivity index (χ4v) is 2.15. The van der Waals surface area contributed by atoms with Crippen LogP contribution in [0.3, 0.4) is 0 Å². The molecule has 0 aliphatic carbocycles. The molecule has 1 unspecified atom stereocenters. The average Bonchev–Trinajstić information content (AvgIpc) is 2.69. The van der Waals surface area contributed by atoms with E-state index in [4.69, 9.17) is 0 Å². The maximum Gasteiger partial charge on any atom is 0.254 e. The summed E-state index contributed by atoms with van der Waals surface area (Å²) in [6, 6.07) is 0. The summed E-state index contributed by atoms with van der Waals surface area (Å²) in [7, 11) is 1.84. The minimum atomic E-state index is -0.0128. The van der Waals surface area contributed by atoms with Crippen LogP contribution >= 0.6 is 12.4 Å². The molecule has 5 nitrogen and oxygen atoms in total. The van der Waals surface area contributed by atoms with Crippen molar-refractivity contribution in [2.75, 3.05) is 19.6 Å². The molecule has 0 saturated carbocycles. The fraction of sp³-hybridized carbons (Fsp3) is 0.667. The Morgan fingerprint density at radius 3 is 3.00 bits per heavy atom. The van der Waals surface area contributed by atoms with Gasteiger partial charge in [0.2, 0.25) is 0 Å². The number of nitrogens with one attached hydrogen (secondary N) is 2. The molecule has 2 N–H and O–H groups in total. The fourth-order valence-electron chi connectivity index (χ4n) is 2.15. The molecule has 0 spiro atoms. The number of carbonyl (C=O) groups is 1. The van der Waals surface area contributed by atoms with Crippen molar-refractivity contribution in [1.29, 1.82) is 0 Å². The molecule has 0 radical (unpaired) electrons. The number of halogens is 1. The molecule has 1 aliphatic rings. The van der Waals surface area contributed by atoms with Crippen LogP contribution in [0.2, 0.25) is 0 Å². The van der Waals surface area contributed by atoms with Crippen LogP contribution in [-0.2, 0) is 7.05 Å². The second-order valence-corrected chi connectivity index (χ2v) is 4.69. The van der Waals surface area contributed by atoms with E-state index in [1.54, 1.807) is 10.9 Å². The van der Waals surface area contributed by atoms with Crippen molar-refractivity contribution in [3.05, 3.63) is 17.5 Å². The Balaban J connectivity index is 0.00000162. The van der Waals surface area contributed by atoms with E-state index in [1.807, 2.05) is 14.0 Å². The zero-order chi connectivity index (χ0) is 12.3. The van der Waals surface area contributed by atoms with Gasteiger partial charge in [0.15, 0.2) is 0 Å². The molecule has 1 atom stereocenters. The molecule has 6 heteroatoms. The van der Waals surface area contributed by atoms with Crippen LogP contribution in [0.15, 0.2) is 6.20 Å². The average molecular weight is 273 g/mol. The van der Waals surface area contributed by atoms with Crippen LogP contribution in [0.5, 0.6) is 0 Å². The second kappa shape index (κ2) is 6.75. The molecule has 1 saturated heterocycles. The number of aryl methyl sites for hydroxylation is 1. The first-order valence-electron chi connectivity index (χ1n) is 6.16. The van der Waals surface area contributed by atoms with E-state index in [0.717, 1.165) is 25.3 Å². The van der Waals surface area contributed by atoms with Crippen LogP contribution in [0.4, 0.5) is 0 Å². The third-order valence-electron chi connectivity index (χ3n) is 3.43. The Kier molecular flexibility index (Phi) is 5.62. The highest BCUT2D eigenvalue weighted by Crippen LogP contribution is 2.09. The summed E-state index contributed by atoms with van der Waals surface area (Å²) in [6.07, 6.45) is 4.02. The smallest absolute Gasteiger partial charge is 0.254 e. The summed E-state index contributed by atoms with van der Waals surface area (Å²) < 4.78 is 1.72. The largest absolute Gasteiger partial charge is 0.352 e. The molecule has 0 aromatic carbocycles. The zero-order valence-electron chi connectivity index (χ0n) is 10.9. The van der Waals surface area contributed by atoms with Gasteiger partial charge in [-0.25, -0.2) is 0 Å². The normalized spacial score (nSPS) is 19.1. The molecule has 2 heterocycles. The molecule has 0 bridgehead atoms. The van der Waals surface area contributed by atoms with Crippen molar-refractivity contribution in [3.63, 3.8) is 0 Å². The number of nitrogens with zero attached hydrogens (tertiary/aromatic N) is 2. The molecule has 1 aliphatic heterocycles. The Labute approximate surface area is 114 Å². The van der Waals surface area contributed by atoms with E-state index in [-0.39, 0.29) is 18.3 Å². The van der Waals surface area contributed by atoms with Crippen molar-refractivity contribution in [2.45, 2.75) is 19.8 Å². The highest BCUT2D eigenvalue weighted by Gasteiger charge is 2.16. The highest BCUT2D eigenvalue weighted by atomic mass is 35.5. The first-order chi connectivity index (χ1) is 8.18. The lowest BCUT2D eigenvalue weighted by molar-refractivity contribution is 0.0944. The monoisotopic (exact) mass is 272 g/mol. The van der Waals surface area contributed by atoms with Crippen molar-refractivity contribution in [3.8, 4) is 0 Å². The van der Waals surface area contributed by atoms with Gasteiger partial charge in [0.25, 0.3) is 5.91 Å². The summed E-state index contributed by atoms with van der Waals surface area (Å²) >= 11 is 0. The summed E-state index contributed by atoms with van der Waals surface area (Å²) in [5.74, 6) is 0.547. The van der Waals surface area contributed by atoms with Crippen molar-refractivity contribution < 1.29 is 4.79 Å². The minimum Gasteiger partial charge on any atom is -0.352 e. The minimum absolute atomic E-state index is 0. The first-order valence-corrected chi connectivity index (χ1v) is 6.16. The van der Waals surface area contributed by atoms with Crippen LogP contribution in [0.1, 0.15) is 28.9 Å². The van der Waals surface area contributed by atoms with Crippen LogP contribution in [-0.4, -0.2) is 35.3 Å². The predicted octanol–water partition coefficient (Wildman–Crippen LogP) is 0.880.